The van der Waals surface area contributed by atoms with Crippen molar-refractivity contribution < 1.29 is 18.0 Å². The molecule has 0 bridgehead atoms. The van der Waals surface area contributed by atoms with Gasteiger partial charge in [0.1, 0.15) is 12.6 Å². The molecule has 40 heavy (non-hydrogen) atoms. The highest BCUT2D eigenvalue weighted by Crippen LogP contribution is 2.29. The summed E-state index contributed by atoms with van der Waals surface area (Å²) in [6.45, 7) is 8.74. The van der Waals surface area contributed by atoms with Crippen LogP contribution in [0.1, 0.15) is 43.9 Å². The van der Waals surface area contributed by atoms with E-state index in [-0.39, 0.29) is 23.4 Å². The van der Waals surface area contributed by atoms with Crippen LogP contribution < -0.4 is 9.62 Å². The molecular formula is C30H35BrClN3O4S. The van der Waals surface area contributed by atoms with Gasteiger partial charge < -0.3 is 10.2 Å². The van der Waals surface area contributed by atoms with Gasteiger partial charge in [-0.25, -0.2) is 8.42 Å². The van der Waals surface area contributed by atoms with E-state index in [4.69, 9.17) is 11.6 Å². The lowest BCUT2D eigenvalue weighted by Crippen LogP contribution is -2.52. The second-order valence-corrected chi connectivity index (χ2v) is 13.1. The van der Waals surface area contributed by atoms with E-state index in [1.807, 2.05) is 45.0 Å². The molecule has 0 radical (unpaired) electrons. The number of sulfonamides is 1. The first-order valence-electron chi connectivity index (χ1n) is 13.0. The molecule has 2 amide bonds. The molecule has 0 aliphatic heterocycles. The minimum absolute atomic E-state index is 0.0577. The molecule has 214 valence electrons. The quantitative estimate of drug-likeness (QED) is 0.267. The highest BCUT2D eigenvalue weighted by Gasteiger charge is 2.33. The van der Waals surface area contributed by atoms with Crippen LogP contribution in [-0.4, -0.2) is 43.8 Å². The van der Waals surface area contributed by atoms with Gasteiger partial charge in [-0.05, 0) is 87.7 Å². The molecule has 0 aliphatic rings. The normalized spacial score (nSPS) is 12.9. The van der Waals surface area contributed by atoms with E-state index in [9.17, 15) is 18.0 Å². The number of carbonyl (C=O) groups excluding carboxylic acids is 2. The number of hydrogen-bond donors (Lipinski definition) is 1. The summed E-state index contributed by atoms with van der Waals surface area (Å²) in [6.07, 6.45) is 0.734. The predicted molar refractivity (Wildman–Crippen MR) is 164 cm³/mol. The number of nitrogens with zero attached hydrogens (tertiary/aromatic N) is 2. The summed E-state index contributed by atoms with van der Waals surface area (Å²) in [5, 5.41) is 3.39. The summed E-state index contributed by atoms with van der Waals surface area (Å²) in [5.74, 6) is -0.824. The van der Waals surface area contributed by atoms with Crippen molar-refractivity contribution in [2.24, 2.45) is 0 Å². The molecule has 10 heteroatoms. The smallest absolute Gasteiger partial charge is 0.264 e. The van der Waals surface area contributed by atoms with E-state index in [0.717, 1.165) is 26.3 Å². The Bertz CT molecular complexity index is 1450. The Morgan fingerprint density at radius 2 is 1.60 bits per heavy atom. The molecule has 0 aromatic heterocycles. The highest BCUT2D eigenvalue weighted by atomic mass is 79.9. The number of amides is 2. The van der Waals surface area contributed by atoms with Crippen LogP contribution >= 0.6 is 27.5 Å². The molecule has 7 nitrogen and oxygen atoms in total. The average molecular weight is 649 g/mol. The third-order valence-electron chi connectivity index (χ3n) is 6.75. The Kier molecular flexibility index (Phi) is 10.8. The van der Waals surface area contributed by atoms with Crippen LogP contribution in [0, 0.1) is 13.8 Å². The third kappa shape index (κ3) is 7.86. The monoisotopic (exact) mass is 647 g/mol. The number of hydrogen-bond acceptors (Lipinski definition) is 4. The van der Waals surface area contributed by atoms with Gasteiger partial charge in [-0.2, -0.15) is 0 Å². The van der Waals surface area contributed by atoms with E-state index in [1.54, 1.807) is 44.2 Å². The summed E-state index contributed by atoms with van der Waals surface area (Å²) in [7, 11) is -4.15. The van der Waals surface area contributed by atoms with Crippen LogP contribution in [0.5, 0.6) is 0 Å². The number of rotatable bonds is 11. The number of nitrogens with one attached hydrogen (secondary N) is 1. The number of carbonyl (C=O) groups is 2. The van der Waals surface area contributed by atoms with E-state index >= 15 is 0 Å². The van der Waals surface area contributed by atoms with Crippen LogP contribution in [0.3, 0.4) is 0 Å². The lowest BCUT2D eigenvalue weighted by molar-refractivity contribution is -0.139. The van der Waals surface area contributed by atoms with Gasteiger partial charge in [0.15, 0.2) is 0 Å². The molecule has 3 rings (SSSR count). The van der Waals surface area contributed by atoms with Gasteiger partial charge >= 0.3 is 0 Å². The van der Waals surface area contributed by atoms with Gasteiger partial charge in [-0.3, -0.25) is 13.9 Å². The predicted octanol–water partition coefficient (Wildman–Crippen LogP) is 6.25. The van der Waals surface area contributed by atoms with Crippen molar-refractivity contribution in [2.75, 3.05) is 10.8 Å². The maximum Gasteiger partial charge on any atom is 0.264 e. The fourth-order valence-corrected chi connectivity index (χ4v) is 6.05. The van der Waals surface area contributed by atoms with Crippen LogP contribution in [0.15, 0.2) is 76.1 Å². The van der Waals surface area contributed by atoms with Crippen molar-refractivity contribution in [1.29, 1.82) is 0 Å². The van der Waals surface area contributed by atoms with Gasteiger partial charge in [0.05, 0.1) is 10.6 Å². The molecule has 3 aromatic rings. The topological polar surface area (TPSA) is 86.8 Å². The van der Waals surface area contributed by atoms with E-state index in [2.05, 4.69) is 21.2 Å². The van der Waals surface area contributed by atoms with Gasteiger partial charge in [-0.15, -0.1) is 0 Å². The summed E-state index contributed by atoms with van der Waals surface area (Å²) in [4.78, 5) is 28.6. The second kappa shape index (κ2) is 13.7. The molecule has 0 fully saturated rings. The maximum absolute atomic E-state index is 14.0. The summed E-state index contributed by atoms with van der Waals surface area (Å²) < 4.78 is 29.9. The molecule has 0 spiro atoms. The fourth-order valence-electron chi connectivity index (χ4n) is 4.08. The number of aryl methyl sites for hydroxylation is 2. The molecular weight excluding hydrogens is 614 g/mol. The summed E-state index contributed by atoms with van der Waals surface area (Å²) in [6, 6.07) is 17.8. The molecule has 0 unspecified atom stereocenters. The Balaban J connectivity index is 2.05. The molecule has 3 aromatic carbocycles. The summed E-state index contributed by atoms with van der Waals surface area (Å²) >= 11 is 9.59. The van der Waals surface area contributed by atoms with Gasteiger partial charge in [-0.1, -0.05) is 64.3 Å². The fraction of sp³-hybridized carbons (Fsp3) is 0.333. The van der Waals surface area contributed by atoms with Gasteiger partial charge in [0.25, 0.3) is 10.0 Å². The standard InChI is InChI=1S/C30H35BrClN3O4S/c1-6-22(4)33-30(37)23(5)34(18-24-9-11-25(31)12-10-24)29(36)19-35(28-16-13-26(32)17-21(28)3)40(38,39)27-14-7-20(2)8-15-27/h7-17,22-23H,6,18-19H2,1-5H3,(H,33,37)/t22-,23-/m1/s1. The molecule has 1 N–H and O–H groups in total. The Labute approximate surface area is 250 Å². The van der Waals surface area contributed by atoms with Crippen molar-refractivity contribution in [3.05, 3.63) is 92.9 Å². The van der Waals surface area contributed by atoms with Gasteiger partial charge in [0.2, 0.25) is 11.8 Å². The zero-order valence-corrected chi connectivity index (χ0v) is 26.5. The highest BCUT2D eigenvalue weighted by molar-refractivity contribution is 9.10. The second-order valence-electron chi connectivity index (χ2n) is 9.90. The van der Waals surface area contributed by atoms with E-state index < -0.39 is 28.5 Å². The lowest BCUT2D eigenvalue weighted by atomic mass is 10.1. The number of benzene rings is 3. The molecule has 0 heterocycles. The van der Waals surface area contributed by atoms with Crippen LogP contribution in [-0.2, 0) is 26.2 Å². The van der Waals surface area contributed by atoms with Crippen LogP contribution in [0.4, 0.5) is 5.69 Å². The first-order chi connectivity index (χ1) is 18.8. The Morgan fingerprint density at radius 3 is 2.17 bits per heavy atom. The van der Waals surface area contributed by atoms with Crippen molar-refractivity contribution in [1.82, 2.24) is 10.2 Å². The lowest BCUT2D eigenvalue weighted by Gasteiger charge is -2.33. The average Bonchev–Trinajstić information content (AvgIpc) is 2.91. The molecule has 0 saturated heterocycles. The number of anilines is 1. The Morgan fingerprint density at radius 1 is 0.975 bits per heavy atom. The first kappa shape index (κ1) is 31.6. The van der Waals surface area contributed by atoms with Crippen LogP contribution in [0.25, 0.3) is 0 Å². The number of halogens is 2. The van der Waals surface area contributed by atoms with Crippen molar-refractivity contribution in [3.8, 4) is 0 Å². The molecule has 0 saturated carbocycles. The van der Waals surface area contributed by atoms with Crippen molar-refractivity contribution >= 4 is 55.1 Å². The van der Waals surface area contributed by atoms with Crippen LogP contribution in [0.2, 0.25) is 5.02 Å². The van der Waals surface area contributed by atoms with Gasteiger partial charge in [0, 0.05) is 22.1 Å². The largest absolute Gasteiger partial charge is 0.352 e. The zero-order chi connectivity index (χ0) is 29.6. The Hall–Kier alpha value is -2.88. The molecule has 0 aliphatic carbocycles. The maximum atomic E-state index is 14.0. The van der Waals surface area contributed by atoms with E-state index in [0.29, 0.717) is 16.3 Å². The van der Waals surface area contributed by atoms with E-state index in [1.165, 1.54) is 17.0 Å². The van der Waals surface area contributed by atoms with Crippen molar-refractivity contribution in [3.63, 3.8) is 0 Å². The first-order valence-corrected chi connectivity index (χ1v) is 15.6. The molecule has 2 atom stereocenters. The SMILES string of the molecule is CC[C@@H](C)NC(=O)[C@@H](C)N(Cc1ccc(Br)cc1)C(=O)CN(c1ccc(Cl)cc1C)S(=O)(=O)c1ccc(C)cc1. The minimum Gasteiger partial charge on any atom is -0.352 e. The van der Waals surface area contributed by atoms with Crippen molar-refractivity contribution in [2.45, 2.75) is 64.6 Å². The third-order valence-corrected chi connectivity index (χ3v) is 9.29. The zero-order valence-electron chi connectivity index (χ0n) is 23.3. The minimum atomic E-state index is -4.15. The summed E-state index contributed by atoms with van der Waals surface area (Å²) in [5.41, 5.74) is 2.64.